The van der Waals surface area contributed by atoms with Crippen LogP contribution >= 0.6 is 15.9 Å². The first kappa shape index (κ1) is 14.1. The number of rotatable bonds is 5. The summed E-state index contributed by atoms with van der Waals surface area (Å²) in [7, 11) is 0. The average molecular weight is 326 g/mol. The Bertz CT molecular complexity index is 608. The minimum atomic E-state index is -1.21. The van der Waals surface area contributed by atoms with Crippen LogP contribution < -0.4 is 5.32 Å². The van der Waals surface area contributed by atoms with Crippen LogP contribution in [0.1, 0.15) is 26.0 Å². The van der Waals surface area contributed by atoms with Gasteiger partial charge in [0.05, 0.1) is 0 Å². The molecule has 1 unspecified atom stereocenters. The van der Waals surface area contributed by atoms with Gasteiger partial charge in [-0.25, -0.2) is 4.79 Å². The largest absolute Gasteiger partial charge is 0.480 e. The van der Waals surface area contributed by atoms with Gasteiger partial charge < -0.3 is 9.52 Å². The first-order chi connectivity index (χ1) is 8.97. The molecule has 19 heavy (non-hydrogen) atoms. The highest BCUT2D eigenvalue weighted by atomic mass is 79.9. The molecule has 1 aromatic carbocycles. The van der Waals surface area contributed by atoms with Gasteiger partial charge >= 0.3 is 5.97 Å². The molecular formula is C14H16BrNO3. The summed E-state index contributed by atoms with van der Waals surface area (Å²) in [5.74, 6) is -0.527. The predicted octanol–water partition coefficient (Wildman–Crippen LogP) is 3.49. The van der Waals surface area contributed by atoms with Crippen LogP contribution in [0.2, 0.25) is 0 Å². The maximum absolute atomic E-state index is 11.5. The summed E-state index contributed by atoms with van der Waals surface area (Å²) >= 11 is 3.39. The summed E-state index contributed by atoms with van der Waals surface area (Å²) < 4.78 is 6.62. The second-order valence-corrected chi connectivity index (χ2v) is 5.57. The highest BCUT2D eigenvalue weighted by Crippen LogP contribution is 2.30. The maximum Gasteiger partial charge on any atom is 0.331 e. The summed E-state index contributed by atoms with van der Waals surface area (Å²) in [6, 6.07) is 7.37. The molecule has 0 radical (unpaired) electrons. The number of carbonyl (C=O) groups is 1. The Hall–Kier alpha value is -1.33. The Labute approximate surface area is 119 Å². The van der Waals surface area contributed by atoms with Crippen molar-refractivity contribution in [1.29, 1.82) is 0 Å². The molecule has 4 nitrogen and oxygen atoms in total. The first-order valence-electron chi connectivity index (χ1n) is 6.15. The number of carboxylic acid groups (broad SMARTS) is 1. The zero-order valence-electron chi connectivity index (χ0n) is 10.9. The molecule has 0 aliphatic rings. The van der Waals surface area contributed by atoms with E-state index in [2.05, 4.69) is 21.2 Å². The van der Waals surface area contributed by atoms with Crippen molar-refractivity contribution in [3.8, 4) is 0 Å². The summed E-state index contributed by atoms with van der Waals surface area (Å²) in [4.78, 5) is 11.5. The molecule has 1 heterocycles. The van der Waals surface area contributed by atoms with E-state index >= 15 is 0 Å². The van der Waals surface area contributed by atoms with Gasteiger partial charge in [0.15, 0.2) is 5.54 Å². The molecule has 5 heteroatoms. The van der Waals surface area contributed by atoms with Gasteiger partial charge in [-0.3, -0.25) is 5.32 Å². The number of furan rings is 1. The molecular weight excluding hydrogens is 310 g/mol. The molecule has 0 bridgehead atoms. The molecule has 0 amide bonds. The number of aliphatic carboxylic acids is 1. The minimum absolute atomic E-state index is 0.418. The lowest BCUT2D eigenvalue weighted by molar-refractivity contribution is -0.145. The molecule has 1 aromatic heterocycles. The smallest absolute Gasteiger partial charge is 0.331 e. The number of benzene rings is 1. The third-order valence-electron chi connectivity index (χ3n) is 3.13. The number of nitrogens with one attached hydrogen (secondary N) is 1. The Kier molecular flexibility index (Phi) is 3.96. The van der Waals surface area contributed by atoms with E-state index < -0.39 is 11.5 Å². The molecule has 102 valence electrons. The molecule has 0 saturated heterocycles. The van der Waals surface area contributed by atoms with Crippen LogP contribution in [-0.4, -0.2) is 17.6 Å². The number of hydrogen-bond donors (Lipinski definition) is 2. The van der Waals surface area contributed by atoms with E-state index in [0.29, 0.717) is 17.9 Å². The van der Waals surface area contributed by atoms with Crippen LogP contribution in [0.5, 0.6) is 0 Å². The fourth-order valence-corrected chi connectivity index (χ4v) is 2.28. The molecule has 1 atom stereocenters. The van der Waals surface area contributed by atoms with Gasteiger partial charge in [0.2, 0.25) is 0 Å². The summed E-state index contributed by atoms with van der Waals surface area (Å²) in [6.07, 6.45) is 0.856. The minimum Gasteiger partial charge on any atom is -0.480 e. The van der Waals surface area contributed by atoms with E-state index in [4.69, 9.17) is 4.42 Å². The van der Waals surface area contributed by atoms with Crippen molar-refractivity contribution in [1.82, 2.24) is 5.32 Å². The van der Waals surface area contributed by atoms with Crippen molar-refractivity contribution in [2.75, 3.05) is 6.54 Å². The van der Waals surface area contributed by atoms with Crippen LogP contribution in [0.25, 0.3) is 11.0 Å². The number of carboxylic acids is 1. The van der Waals surface area contributed by atoms with Gasteiger partial charge in [-0.15, -0.1) is 0 Å². The highest BCUT2D eigenvalue weighted by Gasteiger charge is 2.38. The molecule has 0 aliphatic carbocycles. The lowest BCUT2D eigenvalue weighted by Gasteiger charge is -2.23. The Morgan fingerprint density at radius 2 is 2.21 bits per heavy atom. The van der Waals surface area contributed by atoms with Crippen molar-refractivity contribution < 1.29 is 14.3 Å². The van der Waals surface area contributed by atoms with Gasteiger partial charge in [-0.1, -0.05) is 22.9 Å². The van der Waals surface area contributed by atoms with Crippen molar-refractivity contribution in [2.24, 2.45) is 0 Å². The normalized spacial score (nSPS) is 14.5. The quantitative estimate of drug-likeness (QED) is 0.883. The van der Waals surface area contributed by atoms with Crippen molar-refractivity contribution in [3.05, 3.63) is 34.5 Å². The fraction of sp³-hybridized carbons (Fsp3) is 0.357. The number of fused-ring (bicyclic) bond motifs is 1. The van der Waals surface area contributed by atoms with Crippen LogP contribution in [0.15, 0.2) is 33.2 Å². The van der Waals surface area contributed by atoms with E-state index in [1.165, 1.54) is 0 Å². The molecule has 2 aromatic rings. The standard InChI is InChI=1S/C14H16BrNO3/c1-3-6-16-14(2,13(17)18)12-8-9-7-10(15)4-5-11(9)19-12/h4-5,7-8,16H,3,6H2,1-2H3,(H,17,18). The zero-order chi connectivity index (χ0) is 14.0. The topological polar surface area (TPSA) is 62.5 Å². The third kappa shape index (κ3) is 2.67. The lowest BCUT2D eigenvalue weighted by Crippen LogP contribution is -2.46. The molecule has 2 rings (SSSR count). The monoisotopic (exact) mass is 325 g/mol. The van der Waals surface area contributed by atoms with E-state index in [9.17, 15) is 9.90 Å². The SMILES string of the molecule is CCCNC(C)(C(=O)O)c1cc2cc(Br)ccc2o1. The predicted molar refractivity (Wildman–Crippen MR) is 77.2 cm³/mol. The second-order valence-electron chi connectivity index (χ2n) is 4.65. The Balaban J connectivity index is 2.47. The molecule has 0 spiro atoms. The summed E-state index contributed by atoms with van der Waals surface area (Å²) in [6.45, 7) is 4.23. The zero-order valence-corrected chi connectivity index (χ0v) is 12.5. The van der Waals surface area contributed by atoms with Crippen molar-refractivity contribution in [3.63, 3.8) is 0 Å². The van der Waals surface area contributed by atoms with Gasteiger partial charge in [-0.2, -0.15) is 0 Å². The van der Waals surface area contributed by atoms with Gasteiger partial charge in [0, 0.05) is 9.86 Å². The first-order valence-corrected chi connectivity index (χ1v) is 6.94. The van der Waals surface area contributed by atoms with Crippen LogP contribution in [0.3, 0.4) is 0 Å². The van der Waals surface area contributed by atoms with Gasteiger partial charge in [0.25, 0.3) is 0 Å². The third-order valence-corrected chi connectivity index (χ3v) is 3.62. The number of halogens is 1. The van der Waals surface area contributed by atoms with Crippen molar-refractivity contribution >= 4 is 32.9 Å². The summed E-state index contributed by atoms with van der Waals surface area (Å²) in [5.41, 5.74) is -0.523. The van der Waals surface area contributed by atoms with Gasteiger partial charge in [0.1, 0.15) is 11.3 Å². The molecule has 0 saturated carbocycles. The van der Waals surface area contributed by atoms with Crippen LogP contribution in [0, 0.1) is 0 Å². The van der Waals surface area contributed by atoms with Crippen LogP contribution in [-0.2, 0) is 10.3 Å². The second kappa shape index (κ2) is 5.35. The van der Waals surface area contributed by atoms with Gasteiger partial charge in [-0.05, 0) is 44.2 Å². The number of hydrogen-bond acceptors (Lipinski definition) is 3. The van der Waals surface area contributed by atoms with E-state index in [0.717, 1.165) is 16.3 Å². The Morgan fingerprint density at radius 1 is 1.47 bits per heavy atom. The van der Waals surface area contributed by atoms with Crippen LogP contribution in [0.4, 0.5) is 0 Å². The lowest BCUT2D eigenvalue weighted by atomic mass is 9.98. The maximum atomic E-state index is 11.5. The molecule has 0 fully saturated rings. The summed E-state index contributed by atoms with van der Waals surface area (Å²) in [5, 5.41) is 13.4. The van der Waals surface area contributed by atoms with E-state index in [-0.39, 0.29) is 0 Å². The van der Waals surface area contributed by atoms with E-state index in [1.54, 1.807) is 13.0 Å². The molecule has 0 aliphatic heterocycles. The Morgan fingerprint density at radius 3 is 2.84 bits per heavy atom. The fourth-order valence-electron chi connectivity index (χ4n) is 1.90. The average Bonchev–Trinajstić information content (AvgIpc) is 2.78. The molecule has 2 N–H and O–H groups in total. The highest BCUT2D eigenvalue weighted by molar-refractivity contribution is 9.10. The van der Waals surface area contributed by atoms with E-state index in [1.807, 2.05) is 25.1 Å². The van der Waals surface area contributed by atoms with Crippen molar-refractivity contribution in [2.45, 2.75) is 25.8 Å².